The van der Waals surface area contributed by atoms with E-state index in [2.05, 4.69) is 32.7 Å². The van der Waals surface area contributed by atoms with E-state index in [0.29, 0.717) is 12.3 Å². The summed E-state index contributed by atoms with van der Waals surface area (Å²) in [7, 11) is 0. The second-order valence-electron chi connectivity index (χ2n) is 8.39. The summed E-state index contributed by atoms with van der Waals surface area (Å²) in [6.07, 6.45) is 4.02. The predicted octanol–water partition coefficient (Wildman–Crippen LogP) is 3.74. The number of aromatic nitrogens is 2. The number of rotatable bonds is 7. The molecule has 4 rings (SSSR count). The van der Waals surface area contributed by atoms with Crippen LogP contribution in [-0.4, -0.2) is 27.4 Å². The van der Waals surface area contributed by atoms with Gasteiger partial charge in [-0.15, -0.1) is 0 Å². The van der Waals surface area contributed by atoms with Crippen molar-refractivity contribution in [1.82, 2.24) is 15.3 Å². The van der Waals surface area contributed by atoms with E-state index in [0.717, 1.165) is 31.2 Å². The molecule has 8 heteroatoms. The molecule has 1 atom stereocenters. The average Bonchev–Trinajstić information content (AvgIpc) is 2.82. The van der Waals surface area contributed by atoms with Crippen molar-refractivity contribution in [2.24, 2.45) is 0 Å². The van der Waals surface area contributed by atoms with Crippen LogP contribution >= 0.6 is 11.6 Å². The number of benzene rings is 2. The first-order chi connectivity index (χ1) is 16.0. The van der Waals surface area contributed by atoms with Crippen LogP contribution in [0.3, 0.4) is 0 Å². The summed E-state index contributed by atoms with van der Waals surface area (Å²) < 4.78 is 0. The molecule has 1 aliphatic rings. The number of hydrogen-bond donors (Lipinski definition) is 4. The van der Waals surface area contributed by atoms with Crippen LogP contribution in [0.25, 0.3) is 0 Å². The Kier molecular flexibility index (Phi) is 7.29. The molecule has 4 N–H and O–H groups in total. The Morgan fingerprint density at radius 1 is 0.939 bits per heavy atom. The van der Waals surface area contributed by atoms with Gasteiger partial charge in [0.1, 0.15) is 16.9 Å². The fourth-order valence-electron chi connectivity index (χ4n) is 4.38. The SMILES string of the molecule is O=C(NC1CCC(c2ccccc2)CC1)c1[nH]c(=O)[nH]c(=O)c1NC(Cl)Cc1ccccc1. The molecule has 7 nitrogen and oxygen atoms in total. The number of halogens is 1. The van der Waals surface area contributed by atoms with Gasteiger partial charge in [-0.1, -0.05) is 72.3 Å². The van der Waals surface area contributed by atoms with E-state index in [4.69, 9.17) is 11.6 Å². The lowest BCUT2D eigenvalue weighted by Crippen LogP contribution is -2.40. The van der Waals surface area contributed by atoms with E-state index in [9.17, 15) is 14.4 Å². The van der Waals surface area contributed by atoms with Gasteiger partial charge in [-0.2, -0.15) is 0 Å². The van der Waals surface area contributed by atoms with Crippen molar-refractivity contribution in [2.45, 2.75) is 49.6 Å². The van der Waals surface area contributed by atoms with E-state index in [1.165, 1.54) is 5.56 Å². The van der Waals surface area contributed by atoms with Crippen molar-refractivity contribution in [2.75, 3.05) is 5.32 Å². The maximum Gasteiger partial charge on any atom is 0.326 e. The number of carbonyl (C=O) groups is 1. The number of aromatic amines is 2. The van der Waals surface area contributed by atoms with E-state index in [-0.39, 0.29) is 17.4 Å². The minimum atomic E-state index is -0.738. The first-order valence-corrected chi connectivity index (χ1v) is 11.6. The quantitative estimate of drug-likeness (QED) is 0.314. The smallest absolute Gasteiger partial charge is 0.326 e. The zero-order valence-corrected chi connectivity index (χ0v) is 18.9. The normalized spacial score (nSPS) is 18.9. The second-order valence-corrected chi connectivity index (χ2v) is 8.92. The predicted molar refractivity (Wildman–Crippen MR) is 130 cm³/mol. The molecule has 1 aromatic heterocycles. The first kappa shape index (κ1) is 22.9. The van der Waals surface area contributed by atoms with Gasteiger partial charge < -0.3 is 15.6 Å². The molecule has 2 aromatic carbocycles. The van der Waals surface area contributed by atoms with Crippen LogP contribution in [0.5, 0.6) is 0 Å². The molecule has 1 amide bonds. The van der Waals surface area contributed by atoms with Crippen molar-refractivity contribution in [1.29, 1.82) is 0 Å². The maximum atomic E-state index is 13.0. The molecule has 1 saturated carbocycles. The molecule has 1 fully saturated rings. The zero-order valence-electron chi connectivity index (χ0n) is 18.1. The number of H-pyrrole nitrogens is 2. The number of alkyl halides is 1. The molecule has 1 aliphatic carbocycles. The highest BCUT2D eigenvalue weighted by Gasteiger charge is 2.26. The first-order valence-electron chi connectivity index (χ1n) is 11.2. The van der Waals surface area contributed by atoms with Crippen LogP contribution in [0.4, 0.5) is 5.69 Å². The summed E-state index contributed by atoms with van der Waals surface area (Å²) in [5.41, 5.74) is 0.0836. The fraction of sp³-hybridized carbons (Fsp3) is 0.320. The molecular weight excluding hydrogens is 440 g/mol. The highest BCUT2D eigenvalue weighted by atomic mass is 35.5. The van der Waals surface area contributed by atoms with Gasteiger partial charge in [-0.3, -0.25) is 14.6 Å². The van der Waals surface area contributed by atoms with Gasteiger partial charge in [0, 0.05) is 12.5 Å². The molecule has 0 aliphatic heterocycles. The lowest BCUT2D eigenvalue weighted by Gasteiger charge is -2.29. The molecule has 0 spiro atoms. The Morgan fingerprint density at radius 3 is 2.24 bits per heavy atom. The van der Waals surface area contributed by atoms with E-state index >= 15 is 0 Å². The van der Waals surface area contributed by atoms with Crippen LogP contribution in [0, 0.1) is 0 Å². The van der Waals surface area contributed by atoms with E-state index in [1.807, 2.05) is 48.5 Å². The number of carbonyl (C=O) groups excluding carboxylic acids is 1. The highest BCUT2D eigenvalue weighted by Crippen LogP contribution is 2.32. The molecule has 0 radical (unpaired) electrons. The van der Waals surface area contributed by atoms with Crippen molar-refractivity contribution in [3.05, 3.63) is 98.3 Å². The Labute approximate surface area is 196 Å². The summed E-state index contributed by atoms with van der Waals surface area (Å²) in [5.74, 6) is -0.0154. The van der Waals surface area contributed by atoms with Crippen LogP contribution < -0.4 is 21.9 Å². The van der Waals surface area contributed by atoms with Crippen molar-refractivity contribution >= 4 is 23.2 Å². The Hall–Kier alpha value is -3.32. The summed E-state index contributed by atoms with van der Waals surface area (Å²) in [4.78, 5) is 42.0. The van der Waals surface area contributed by atoms with Crippen LogP contribution in [0.1, 0.15) is 53.2 Å². The minimum Gasteiger partial charge on any atom is -0.363 e. The third-order valence-electron chi connectivity index (χ3n) is 6.06. The van der Waals surface area contributed by atoms with Gasteiger partial charge >= 0.3 is 5.69 Å². The Balaban J connectivity index is 1.43. The van der Waals surface area contributed by atoms with Crippen LogP contribution in [0.2, 0.25) is 0 Å². The number of hydrogen-bond acceptors (Lipinski definition) is 4. The summed E-state index contributed by atoms with van der Waals surface area (Å²) >= 11 is 6.42. The zero-order chi connectivity index (χ0) is 23.2. The molecule has 33 heavy (non-hydrogen) atoms. The molecule has 0 bridgehead atoms. The van der Waals surface area contributed by atoms with Gasteiger partial charge in [-0.25, -0.2) is 4.79 Å². The monoisotopic (exact) mass is 466 g/mol. The van der Waals surface area contributed by atoms with Gasteiger partial charge in [0.15, 0.2) is 0 Å². The van der Waals surface area contributed by atoms with Gasteiger partial charge in [0.25, 0.3) is 11.5 Å². The molecule has 1 unspecified atom stereocenters. The fourth-order valence-corrected chi connectivity index (χ4v) is 4.66. The summed E-state index contributed by atoms with van der Waals surface area (Å²) in [6.45, 7) is 0. The molecule has 3 aromatic rings. The molecular formula is C25H27ClN4O3. The van der Waals surface area contributed by atoms with Crippen LogP contribution in [0.15, 0.2) is 70.3 Å². The number of amides is 1. The summed E-state index contributed by atoms with van der Waals surface area (Å²) in [5, 5.41) is 5.87. The third-order valence-corrected chi connectivity index (χ3v) is 6.33. The number of anilines is 1. The highest BCUT2D eigenvalue weighted by molar-refractivity contribution is 6.22. The maximum absolute atomic E-state index is 13.0. The van der Waals surface area contributed by atoms with Crippen LogP contribution in [-0.2, 0) is 6.42 Å². The van der Waals surface area contributed by atoms with Gasteiger partial charge in [0.2, 0.25) is 0 Å². The largest absolute Gasteiger partial charge is 0.363 e. The Morgan fingerprint density at radius 2 is 1.58 bits per heavy atom. The van der Waals surface area contributed by atoms with Crippen molar-refractivity contribution in [3.63, 3.8) is 0 Å². The molecule has 0 saturated heterocycles. The van der Waals surface area contributed by atoms with Crippen molar-refractivity contribution < 1.29 is 4.79 Å². The second kappa shape index (κ2) is 10.5. The molecule has 1 heterocycles. The molecule has 172 valence electrons. The van der Waals surface area contributed by atoms with E-state index in [1.54, 1.807) is 0 Å². The lowest BCUT2D eigenvalue weighted by atomic mass is 9.82. The van der Waals surface area contributed by atoms with Gasteiger partial charge in [0.05, 0.1) is 0 Å². The van der Waals surface area contributed by atoms with E-state index < -0.39 is 22.7 Å². The Bertz CT molecular complexity index is 1190. The number of nitrogens with one attached hydrogen (secondary N) is 4. The average molecular weight is 467 g/mol. The topological polar surface area (TPSA) is 107 Å². The lowest BCUT2D eigenvalue weighted by molar-refractivity contribution is 0.0921. The third kappa shape index (κ3) is 5.93. The summed E-state index contributed by atoms with van der Waals surface area (Å²) in [6, 6.07) is 19.9. The van der Waals surface area contributed by atoms with Gasteiger partial charge in [-0.05, 0) is 42.7 Å². The minimum absolute atomic E-state index is 0.0239. The van der Waals surface area contributed by atoms with Crippen molar-refractivity contribution in [3.8, 4) is 0 Å². The standard InChI is InChI=1S/C25H27ClN4O3/c26-20(15-16-7-3-1-4-8-16)28-21-22(29-25(33)30-24(21)32)23(31)27-19-13-11-18(12-14-19)17-9-5-2-6-10-17/h1-10,18-20,28H,11-15H2,(H,27,31)(H2,29,30,32,33).